The Labute approximate surface area is 122 Å². The summed E-state index contributed by atoms with van der Waals surface area (Å²) in [5, 5.41) is 0.823. The Kier molecular flexibility index (Phi) is 4.89. The van der Waals surface area contributed by atoms with Gasteiger partial charge in [0.2, 0.25) is 0 Å². The molecule has 0 aliphatic carbocycles. The van der Waals surface area contributed by atoms with E-state index in [0.29, 0.717) is 23.9 Å². The van der Waals surface area contributed by atoms with Crippen LogP contribution in [0.2, 0.25) is 0 Å². The van der Waals surface area contributed by atoms with Crippen LogP contribution in [0.25, 0.3) is 0 Å². The normalized spacial score (nSPS) is 17.6. The highest BCUT2D eigenvalue weighted by atomic mass is 32.2. The fourth-order valence-electron chi connectivity index (χ4n) is 1.86. The average Bonchev–Trinajstić information content (AvgIpc) is 2.96. The first-order chi connectivity index (χ1) is 9.69. The number of ether oxygens (including phenoxy) is 3. The van der Waals surface area contributed by atoms with Crippen LogP contribution >= 0.6 is 11.8 Å². The molecule has 1 aromatic carbocycles. The van der Waals surface area contributed by atoms with Crippen molar-refractivity contribution in [3.05, 3.63) is 23.8 Å². The van der Waals surface area contributed by atoms with Gasteiger partial charge in [0.1, 0.15) is 0 Å². The highest BCUT2D eigenvalue weighted by Crippen LogP contribution is 2.31. The molecule has 0 spiro atoms. The lowest BCUT2D eigenvalue weighted by Gasteiger charge is -2.09. The van der Waals surface area contributed by atoms with Crippen molar-refractivity contribution < 1.29 is 19.0 Å². The number of hydrogen-bond donors (Lipinski definition) is 0. The van der Waals surface area contributed by atoms with Gasteiger partial charge in [-0.25, -0.2) is 4.79 Å². The monoisotopic (exact) mass is 295 g/mol. The second kappa shape index (κ2) is 6.65. The number of thioether (sulfide) groups is 1. The molecule has 1 heterocycles. The van der Waals surface area contributed by atoms with E-state index in [4.69, 9.17) is 14.2 Å². The van der Waals surface area contributed by atoms with E-state index >= 15 is 0 Å². The van der Waals surface area contributed by atoms with Crippen molar-refractivity contribution in [3.8, 4) is 11.5 Å². The minimum atomic E-state index is -0.414. The lowest BCUT2D eigenvalue weighted by Crippen LogP contribution is -2.21. The summed E-state index contributed by atoms with van der Waals surface area (Å²) in [6, 6.07) is 5.18. The molecule has 0 saturated heterocycles. The van der Waals surface area contributed by atoms with Crippen molar-refractivity contribution in [2.75, 3.05) is 26.6 Å². The van der Waals surface area contributed by atoms with Gasteiger partial charge in [0.15, 0.2) is 17.5 Å². The van der Waals surface area contributed by atoms with Crippen LogP contribution in [0.4, 0.5) is 0 Å². The van der Waals surface area contributed by atoms with E-state index in [9.17, 15) is 4.79 Å². The van der Waals surface area contributed by atoms with Crippen molar-refractivity contribution in [1.82, 2.24) is 0 Å². The molecule has 0 bridgehead atoms. The molecule has 0 amide bonds. The third-order valence-electron chi connectivity index (χ3n) is 2.84. The van der Waals surface area contributed by atoms with Gasteiger partial charge < -0.3 is 14.2 Å². The van der Waals surface area contributed by atoms with Crippen LogP contribution in [-0.2, 0) is 9.53 Å². The van der Waals surface area contributed by atoms with Crippen molar-refractivity contribution in [1.29, 1.82) is 0 Å². The molecule has 0 radical (unpaired) electrons. The maximum absolute atomic E-state index is 11.7. The molecule has 6 heteroatoms. The van der Waals surface area contributed by atoms with Crippen molar-refractivity contribution in [3.63, 3.8) is 0 Å². The minimum absolute atomic E-state index is 0.268. The molecule has 0 aromatic heterocycles. The molecular weight excluding hydrogens is 278 g/mol. The largest absolute Gasteiger partial charge is 0.493 e. The van der Waals surface area contributed by atoms with Gasteiger partial charge in [-0.3, -0.25) is 4.99 Å². The molecule has 1 unspecified atom stereocenters. The quantitative estimate of drug-likeness (QED) is 0.779. The van der Waals surface area contributed by atoms with Crippen LogP contribution in [0.5, 0.6) is 11.5 Å². The van der Waals surface area contributed by atoms with Crippen LogP contribution in [0, 0.1) is 0 Å². The maximum atomic E-state index is 11.7. The fourth-order valence-corrected chi connectivity index (χ4v) is 2.88. The minimum Gasteiger partial charge on any atom is -0.493 e. The number of rotatable bonds is 5. The summed E-state index contributed by atoms with van der Waals surface area (Å²) in [6.07, 6.45) is 0. The smallest absolute Gasteiger partial charge is 0.331 e. The predicted octanol–water partition coefficient (Wildman–Crippen LogP) is 2.13. The van der Waals surface area contributed by atoms with Gasteiger partial charge in [-0.2, -0.15) is 0 Å². The third kappa shape index (κ3) is 3.07. The number of methoxy groups -OCH3 is 2. The molecule has 1 aromatic rings. The summed E-state index contributed by atoms with van der Waals surface area (Å²) < 4.78 is 15.5. The molecule has 5 nitrogen and oxygen atoms in total. The first kappa shape index (κ1) is 14.7. The highest BCUT2D eigenvalue weighted by molar-refractivity contribution is 8.14. The Balaban J connectivity index is 2.20. The predicted molar refractivity (Wildman–Crippen MR) is 79.0 cm³/mol. The zero-order chi connectivity index (χ0) is 14.5. The molecule has 1 aliphatic heterocycles. The van der Waals surface area contributed by atoms with Crippen molar-refractivity contribution >= 4 is 22.8 Å². The Hall–Kier alpha value is -1.69. The number of carbonyl (C=O) groups is 1. The summed E-state index contributed by atoms with van der Waals surface area (Å²) in [6.45, 7) is 2.17. The Morgan fingerprint density at radius 2 is 2.10 bits per heavy atom. The van der Waals surface area contributed by atoms with Gasteiger partial charge in [-0.1, -0.05) is 0 Å². The second-order valence-corrected chi connectivity index (χ2v) is 5.09. The SMILES string of the molecule is CCOC(=O)C1CSC(c2ccc(OC)c(OC)c2)=N1. The first-order valence-electron chi connectivity index (χ1n) is 6.29. The van der Waals surface area contributed by atoms with E-state index in [2.05, 4.69) is 4.99 Å². The van der Waals surface area contributed by atoms with Crippen molar-refractivity contribution in [2.45, 2.75) is 13.0 Å². The molecule has 1 atom stereocenters. The zero-order valence-electron chi connectivity index (χ0n) is 11.7. The molecule has 2 rings (SSSR count). The maximum Gasteiger partial charge on any atom is 0.331 e. The number of aliphatic imine (C=N–C) groups is 1. The van der Waals surface area contributed by atoms with E-state index in [0.717, 1.165) is 10.6 Å². The standard InChI is InChI=1S/C14H17NO4S/c1-4-19-14(16)10-8-20-13(15-10)9-5-6-11(17-2)12(7-9)18-3/h5-7,10H,4,8H2,1-3H3. The first-order valence-corrected chi connectivity index (χ1v) is 7.27. The second-order valence-electron chi connectivity index (χ2n) is 4.08. The lowest BCUT2D eigenvalue weighted by molar-refractivity contribution is -0.143. The zero-order valence-corrected chi connectivity index (χ0v) is 12.5. The van der Waals surface area contributed by atoms with Gasteiger partial charge in [0.25, 0.3) is 0 Å². The molecular formula is C14H17NO4S. The van der Waals surface area contributed by atoms with Crippen LogP contribution in [0.15, 0.2) is 23.2 Å². The Morgan fingerprint density at radius 3 is 2.75 bits per heavy atom. The number of hydrogen-bond acceptors (Lipinski definition) is 6. The van der Waals surface area contributed by atoms with Crippen LogP contribution in [0.1, 0.15) is 12.5 Å². The van der Waals surface area contributed by atoms with E-state index in [1.54, 1.807) is 32.9 Å². The van der Waals surface area contributed by atoms with E-state index < -0.39 is 6.04 Å². The molecule has 0 saturated carbocycles. The molecule has 20 heavy (non-hydrogen) atoms. The summed E-state index contributed by atoms with van der Waals surface area (Å²) in [5.41, 5.74) is 0.916. The van der Waals surface area contributed by atoms with E-state index in [1.807, 2.05) is 18.2 Å². The number of carbonyl (C=O) groups excluding carboxylic acids is 1. The molecule has 0 N–H and O–H groups in total. The highest BCUT2D eigenvalue weighted by Gasteiger charge is 2.27. The van der Waals surface area contributed by atoms with E-state index in [1.165, 1.54) is 0 Å². The summed E-state index contributed by atoms with van der Waals surface area (Å²) in [4.78, 5) is 16.1. The molecule has 108 valence electrons. The van der Waals surface area contributed by atoms with Gasteiger partial charge in [0, 0.05) is 11.3 Å². The summed E-state index contributed by atoms with van der Waals surface area (Å²) in [5.74, 6) is 1.66. The van der Waals surface area contributed by atoms with Gasteiger partial charge in [0.05, 0.1) is 25.9 Å². The van der Waals surface area contributed by atoms with Gasteiger partial charge in [-0.05, 0) is 25.1 Å². The molecule has 1 aliphatic rings. The number of esters is 1. The van der Waals surface area contributed by atoms with Crippen LogP contribution < -0.4 is 9.47 Å². The van der Waals surface area contributed by atoms with Crippen molar-refractivity contribution in [2.24, 2.45) is 4.99 Å². The van der Waals surface area contributed by atoms with Crippen LogP contribution in [0.3, 0.4) is 0 Å². The number of nitrogens with zero attached hydrogens (tertiary/aromatic N) is 1. The fraction of sp³-hybridized carbons (Fsp3) is 0.429. The topological polar surface area (TPSA) is 57.1 Å². The summed E-state index contributed by atoms with van der Waals surface area (Å²) in [7, 11) is 3.18. The third-order valence-corrected chi connectivity index (χ3v) is 3.94. The van der Waals surface area contributed by atoms with Gasteiger partial charge in [-0.15, -0.1) is 11.8 Å². The number of benzene rings is 1. The van der Waals surface area contributed by atoms with E-state index in [-0.39, 0.29) is 5.97 Å². The lowest BCUT2D eigenvalue weighted by atomic mass is 10.2. The Bertz CT molecular complexity index is 530. The average molecular weight is 295 g/mol. The summed E-state index contributed by atoms with van der Waals surface area (Å²) >= 11 is 1.54. The Morgan fingerprint density at radius 1 is 1.35 bits per heavy atom. The molecule has 0 fully saturated rings. The van der Waals surface area contributed by atoms with Crippen LogP contribution in [-0.4, -0.2) is 43.6 Å². The van der Waals surface area contributed by atoms with Gasteiger partial charge >= 0.3 is 5.97 Å².